The minimum Gasteiger partial charge on any atom is -0.370 e. The first-order valence-corrected chi connectivity index (χ1v) is 8.40. The fraction of sp³-hybridized carbons (Fsp3) is 0.381. The largest absolute Gasteiger partial charge is 0.370 e. The molecular formula is C21H24O2. The average molecular weight is 308 g/mol. The molecule has 3 rings (SSSR count). The fourth-order valence-corrected chi connectivity index (χ4v) is 3.32. The van der Waals surface area contributed by atoms with Gasteiger partial charge < -0.3 is 4.74 Å². The molecule has 2 nitrogen and oxygen atoms in total. The molecule has 0 radical (unpaired) electrons. The van der Waals surface area contributed by atoms with E-state index in [9.17, 15) is 4.79 Å². The van der Waals surface area contributed by atoms with Crippen LogP contribution in [0.15, 0.2) is 48.5 Å². The molecule has 120 valence electrons. The van der Waals surface area contributed by atoms with Crippen molar-refractivity contribution in [2.24, 2.45) is 0 Å². The number of aryl methyl sites for hydroxylation is 2. The molecule has 2 aromatic carbocycles. The molecule has 2 aromatic rings. The second kappa shape index (κ2) is 6.67. The quantitative estimate of drug-likeness (QED) is 0.729. The standard InChI is InChI=1S/C21H24O2/c1-16-4-8-18(9-5-16)20(22)12-14-21(13-3-15-23-21)19-10-6-17(2)7-11-19/h4-11H,3,12-15H2,1-2H3. The van der Waals surface area contributed by atoms with E-state index in [0.717, 1.165) is 31.4 Å². The minimum atomic E-state index is -0.284. The topological polar surface area (TPSA) is 26.3 Å². The molecule has 0 bridgehead atoms. The maximum atomic E-state index is 12.5. The normalized spacial score (nSPS) is 20.6. The molecular weight excluding hydrogens is 284 g/mol. The van der Waals surface area contributed by atoms with Gasteiger partial charge in [-0.1, -0.05) is 59.7 Å². The maximum Gasteiger partial charge on any atom is 0.162 e. The van der Waals surface area contributed by atoms with Crippen LogP contribution in [0.4, 0.5) is 0 Å². The van der Waals surface area contributed by atoms with E-state index in [1.165, 1.54) is 16.7 Å². The second-order valence-electron chi connectivity index (χ2n) is 6.60. The Morgan fingerprint density at radius 3 is 2.17 bits per heavy atom. The van der Waals surface area contributed by atoms with Gasteiger partial charge in [-0.2, -0.15) is 0 Å². The summed E-state index contributed by atoms with van der Waals surface area (Å²) in [5, 5.41) is 0. The van der Waals surface area contributed by atoms with E-state index in [0.29, 0.717) is 6.42 Å². The van der Waals surface area contributed by atoms with Crippen molar-refractivity contribution in [2.45, 2.75) is 45.1 Å². The summed E-state index contributed by atoms with van der Waals surface area (Å²) in [6.45, 7) is 4.91. The van der Waals surface area contributed by atoms with Crippen LogP contribution >= 0.6 is 0 Å². The Morgan fingerprint density at radius 1 is 1.00 bits per heavy atom. The van der Waals surface area contributed by atoms with Crippen LogP contribution in [0, 0.1) is 13.8 Å². The van der Waals surface area contributed by atoms with Crippen molar-refractivity contribution in [3.63, 3.8) is 0 Å². The Balaban J connectivity index is 1.74. The number of ether oxygens (including phenoxy) is 1. The molecule has 23 heavy (non-hydrogen) atoms. The highest BCUT2D eigenvalue weighted by atomic mass is 16.5. The van der Waals surface area contributed by atoms with Gasteiger partial charge in [-0.15, -0.1) is 0 Å². The number of rotatable bonds is 5. The lowest BCUT2D eigenvalue weighted by Crippen LogP contribution is -2.26. The number of carbonyl (C=O) groups excluding carboxylic acids is 1. The van der Waals surface area contributed by atoms with Crippen LogP contribution in [0.2, 0.25) is 0 Å². The van der Waals surface area contributed by atoms with E-state index in [-0.39, 0.29) is 11.4 Å². The van der Waals surface area contributed by atoms with Crippen LogP contribution in [0.5, 0.6) is 0 Å². The number of ketones is 1. The number of hydrogen-bond acceptors (Lipinski definition) is 2. The smallest absolute Gasteiger partial charge is 0.162 e. The summed E-state index contributed by atoms with van der Waals surface area (Å²) in [6.07, 6.45) is 3.34. The number of carbonyl (C=O) groups is 1. The van der Waals surface area contributed by atoms with Crippen molar-refractivity contribution in [3.05, 3.63) is 70.8 Å². The molecule has 0 aromatic heterocycles. The molecule has 0 saturated carbocycles. The molecule has 0 N–H and O–H groups in total. The van der Waals surface area contributed by atoms with E-state index in [1.807, 2.05) is 31.2 Å². The maximum absolute atomic E-state index is 12.5. The summed E-state index contributed by atoms with van der Waals surface area (Å²) in [7, 11) is 0. The van der Waals surface area contributed by atoms with Crippen LogP contribution in [-0.2, 0) is 10.3 Å². The van der Waals surface area contributed by atoms with Crippen molar-refractivity contribution >= 4 is 5.78 Å². The van der Waals surface area contributed by atoms with Gasteiger partial charge in [0.2, 0.25) is 0 Å². The van der Waals surface area contributed by atoms with Gasteiger partial charge in [0.25, 0.3) is 0 Å². The van der Waals surface area contributed by atoms with Gasteiger partial charge in [0.1, 0.15) is 0 Å². The molecule has 2 heteroatoms. The van der Waals surface area contributed by atoms with Crippen LogP contribution in [-0.4, -0.2) is 12.4 Å². The van der Waals surface area contributed by atoms with Crippen molar-refractivity contribution in [1.82, 2.24) is 0 Å². The zero-order valence-electron chi connectivity index (χ0n) is 14.0. The summed E-state index contributed by atoms with van der Waals surface area (Å²) < 4.78 is 6.12. The number of benzene rings is 2. The van der Waals surface area contributed by atoms with Gasteiger partial charge in [0.05, 0.1) is 5.60 Å². The lowest BCUT2D eigenvalue weighted by atomic mass is 9.85. The van der Waals surface area contributed by atoms with Gasteiger partial charge in [0, 0.05) is 18.6 Å². The zero-order chi connectivity index (χ0) is 16.3. The van der Waals surface area contributed by atoms with Crippen LogP contribution in [0.25, 0.3) is 0 Å². The Morgan fingerprint density at radius 2 is 1.61 bits per heavy atom. The third-order valence-corrected chi connectivity index (χ3v) is 4.81. The minimum absolute atomic E-state index is 0.201. The SMILES string of the molecule is Cc1ccc(C(=O)CCC2(c3ccc(C)cc3)CCCO2)cc1. The van der Waals surface area contributed by atoms with E-state index >= 15 is 0 Å². The van der Waals surface area contributed by atoms with Crippen LogP contribution in [0.1, 0.15) is 52.7 Å². The lowest BCUT2D eigenvalue weighted by Gasteiger charge is -2.29. The third-order valence-electron chi connectivity index (χ3n) is 4.81. The van der Waals surface area contributed by atoms with Crippen LogP contribution in [0.3, 0.4) is 0 Å². The Kier molecular flexibility index (Phi) is 4.63. The first-order valence-electron chi connectivity index (χ1n) is 8.40. The number of hydrogen-bond donors (Lipinski definition) is 0. The van der Waals surface area contributed by atoms with Gasteiger partial charge in [-0.3, -0.25) is 4.79 Å². The predicted molar refractivity (Wildman–Crippen MR) is 92.8 cm³/mol. The molecule has 0 amide bonds. The summed E-state index contributed by atoms with van der Waals surface area (Å²) in [6, 6.07) is 16.4. The first kappa shape index (κ1) is 15.9. The summed E-state index contributed by atoms with van der Waals surface area (Å²) in [4.78, 5) is 12.5. The molecule has 1 aliphatic rings. The summed E-state index contributed by atoms with van der Waals surface area (Å²) in [5.74, 6) is 0.201. The third kappa shape index (κ3) is 3.53. The Labute approximate surface area is 138 Å². The van der Waals surface area contributed by atoms with Gasteiger partial charge in [0.15, 0.2) is 5.78 Å². The lowest BCUT2D eigenvalue weighted by molar-refractivity contribution is -0.00783. The Hall–Kier alpha value is -1.93. The van der Waals surface area contributed by atoms with E-state index in [4.69, 9.17) is 4.74 Å². The van der Waals surface area contributed by atoms with Gasteiger partial charge in [-0.05, 0) is 38.7 Å². The summed E-state index contributed by atoms with van der Waals surface area (Å²) in [5.41, 5.74) is 4.15. The molecule has 1 heterocycles. The van der Waals surface area contributed by atoms with E-state index in [1.54, 1.807) is 0 Å². The monoisotopic (exact) mass is 308 g/mol. The Bertz CT molecular complexity index is 662. The van der Waals surface area contributed by atoms with Gasteiger partial charge >= 0.3 is 0 Å². The summed E-state index contributed by atoms with van der Waals surface area (Å²) >= 11 is 0. The van der Waals surface area contributed by atoms with Crippen molar-refractivity contribution < 1.29 is 9.53 Å². The van der Waals surface area contributed by atoms with Crippen molar-refractivity contribution in [2.75, 3.05) is 6.61 Å². The molecule has 0 spiro atoms. The number of Topliss-reactive ketones (excluding diaryl/α,β-unsaturated/α-hetero) is 1. The van der Waals surface area contributed by atoms with Crippen molar-refractivity contribution in [1.29, 1.82) is 0 Å². The zero-order valence-corrected chi connectivity index (χ0v) is 14.0. The molecule has 1 atom stereocenters. The van der Waals surface area contributed by atoms with E-state index in [2.05, 4.69) is 31.2 Å². The molecule has 1 fully saturated rings. The van der Waals surface area contributed by atoms with Gasteiger partial charge in [-0.25, -0.2) is 0 Å². The highest BCUT2D eigenvalue weighted by Crippen LogP contribution is 2.40. The first-order chi connectivity index (χ1) is 11.1. The average Bonchev–Trinajstić information content (AvgIpc) is 3.04. The van der Waals surface area contributed by atoms with E-state index < -0.39 is 0 Å². The predicted octanol–water partition coefficient (Wildman–Crippen LogP) is 4.97. The highest BCUT2D eigenvalue weighted by molar-refractivity contribution is 5.96. The molecule has 1 unspecified atom stereocenters. The highest BCUT2D eigenvalue weighted by Gasteiger charge is 2.37. The molecule has 0 aliphatic carbocycles. The van der Waals surface area contributed by atoms with Crippen LogP contribution < -0.4 is 0 Å². The molecule has 1 aliphatic heterocycles. The fourth-order valence-electron chi connectivity index (χ4n) is 3.32. The second-order valence-corrected chi connectivity index (χ2v) is 6.60. The molecule has 1 saturated heterocycles. The van der Waals surface area contributed by atoms with Crippen molar-refractivity contribution in [3.8, 4) is 0 Å².